The molecule has 0 radical (unpaired) electrons. The smallest absolute Gasteiger partial charge is 0.338 e. The second-order valence-electron chi connectivity index (χ2n) is 10.9. The van der Waals surface area contributed by atoms with Crippen molar-refractivity contribution in [2.45, 2.75) is 0 Å². The summed E-state index contributed by atoms with van der Waals surface area (Å²) in [6.07, 6.45) is 0.0241. The zero-order chi connectivity index (χ0) is 31.7. The molecule has 0 saturated carbocycles. The van der Waals surface area contributed by atoms with Crippen LogP contribution in [0.4, 0.5) is 0 Å². The zero-order valence-corrected chi connectivity index (χ0v) is 26.3. The Morgan fingerprint density at radius 3 is 1.24 bits per heavy atom. The Bertz CT molecular complexity index is 1920. The van der Waals surface area contributed by atoms with Gasteiger partial charge in [-0.05, 0) is 59.7 Å². The highest BCUT2D eigenvalue weighted by Crippen LogP contribution is 2.55. The molecule has 0 N–H and O–H groups in total. The third-order valence-corrected chi connectivity index (χ3v) is 12.8. The minimum absolute atomic E-state index is 0.0120. The average molecular weight is 651 g/mol. The first-order chi connectivity index (χ1) is 22.3. The SMILES string of the molecule is O=C(OCCP1(=O)Oc2ccccc2-c2ccccc21)c1ccc(C(=O)OCCP2(=O)Oc3ccccc3-c3ccccc32)cc1. The van der Waals surface area contributed by atoms with Crippen molar-refractivity contribution in [2.75, 3.05) is 25.5 Å². The minimum Gasteiger partial charge on any atom is -0.461 e. The van der Waals surface area contributed by atoms with Gasteiger partial charge < -0.3 is 18.5 Å². The lowest BCUT2D eigenvalue weighted by atomic mass is 10.0. The van der Waals surface area contributed by atoms with Crippen molar-refractivity contribution in [3.63, 3.8) is 0 Å². The first-order valence-corrected chi connectivity index (χ1v) is 18.4. The number of hydrogen-bond acceptors (Lipinski definition) is 8. The van der Waals surface area contributed by atoms with Crippen LogP contribution in [0.3, 0.4) is 0 Å². The molecule has 0 spiro atoms. The maximum atomic E-state index is 13.9. The molecule has 0 amide bonds. The van der Waals surface area contributed by atoms with Crippen LogP contribution in [0.25, 0.3) is 22.3 Å². The van der Waals surface area contributed by atoms with E-state index in [2.05, 4.69) is 0 Å². The lowest BCUT2D eigenvalue weighted by molar-refractivity contribution is 0.0513. The normalized spacial score (nSPS) is 18.8. The van der Waals surface area contributed by atoms with Gasteiger partial charge in [-0.2, -0.15) is 0 Å². The summed E-state index contributed by atoms with van der Waals surface area (Å²) in [5, 5.41) is 1.20. The van der Waals surface area contributed by atoms with Gasteiger partial charge in [0.1, 0.15) is 24.7 Å². The number of fused-ring (bicyclic) bond motifs is 6. The Balaban J connectivity index is 0.946. The molecule has 5 aromatic rings. The molecule has 0 bridgehead atoms. The van der Waals surface area contributed by atoms with E-state index >= 15 is 0 Å². The molecule has 0 aliphatic carbocycles. The molecule has 7 rings (SSSR count). The summed E-state index contributed by atoms with van der Waals surface area (Å²) >= 11 is 0. The lowest BCUT2D eigenvalue weighted by Crippen LogP contribution is -2.22. The highest BCUT2D eigenvalue weighted by Gasteiger charge is 2.37. The standard InChI is InChI=1S/C36H28O8P2/c37-35(41-21-23-45(39)33-15-7-3-11-29(33)27-9-1-5-13-31(27)43-45)25-17-19-26(20-18-25)36(38)42-22-24-46(40)34-16-8-4-12-30(34)28-10-2-6-14-32(28)44-46/h1-20H,21-24H2. The summed E-state index contributed by atoms with van der Waals surface area (Å²) in [6, 6.07) is 35.4. The predicted molar refractivity (Wildman–Crippen MR) is 176 cm³/mol. The maximum absolute atomic E-state index is 13.9. The van der Waals surface area contributed by atoms with Crippen LogP contribution < -0.4 is 19.7 Å². The molecule has 0 saturated heterocycles. The van der Waals surface area contributed by atoms with Gasteiger partial charge in [0.05, 0.1) is 34.1 Å². The summed E-state index contributed by atoms with van der Waals surface area (Å²) in [7, 11) is -6.66. The molecule has 0 fully saturated rings. The Morgan fingerprint density at radius 2 is 0.826 bits per heavy atom. The molecule has 10 heteroatoms. The van der Waals surface area contributed by atoms with E-state index in [0.717, 1.165) is 22.3 Å². The molecule has 5 aromatic carbocycles. The van der Waals surface area contributed by atoms with Gasteiger partial charge in [0.15, 0.2) is 0 Å². The highest BCUT2D eigenvalue weighted by atomic mass is 31.2. The van der Waals surface area contributed by atoms with E-state index in [9.17, 15) is 18.7 Å². The molecule has 2 unspecified atom stereocenters. The molecule has 8 nitrogen and oxygen atoms in total. The molecule has 2 aliphatic rings. The first-order valence-electron chi connectivity index (χ1n) is 14.7. The van der Waals surface area contributed by atoms with E-state index < -0.39 is 26.7 Å². The van der Waals surface area contributed by atoms with Crippen LogP contribution in [0, 0.1) is 0 Å². The number of hydrogen-bond donors (Lipinski definition) is 0. The van der Waals surface area contributed by atoms with Gasteiger partial charge in [-0.1, -0.05) is 72.8 Å². The van der Waals surface area contributed by atoms with Crippen LogP contribution in [0.5, 0.6) is 11.5 Å². The highest BCUT2D eigenvalue weighted by molar-refractivity contribution is 7.68. The Hall–Kier alpha value is -4.90. The van der Waals surface area contributed by atoms with Crippen molar-refractivity contribution in [1.82, 2.24) is 0 Å². The summed E-state index contributed by atoms with van der Waals surface area (Å²) in [5.74, 6) is -0.175. The van der Waals surface area contributed by atoms with Crippen LogP contribution in [0.15, 0.2) is 121 Å². The van der Waals surface area contributed by atoms with Crippen LogP contribution >= 0.6 is 14.7 Å². The number of carbonyl (C=O) groups excluding carboxylic acids is 2. The van der Waals surface area contributed by atoms with Crippen molar-refractivity contribution in [2.24, 2.45) is 0 Å². The van der Waals surface area contributed by atoms with Gasteiger partial charge in [-0.15, -0.1) is 0 Å². The van der Waals surface area contributed by atoms with E-state index in [0.29, 0.717) is 22.1 Å². The predicted octanol–water partition coefficient (Wildman–Crippen LogP) is 7.33. The number of esters is 2. The number of carbonyl (C=O) groups is 2. The fraction of sp³-hybridized carbons (Fsp3) is 0.111. The van der Waals surface area contributed by atoms with Gasteiger partial charge in [-0.3, -0.25) is 9.13 Å². The topological polar surface area (TPSA) is 105 Å². The van der Waals surface area contributed by atoms with Crippen molar-refractivity contribution < 1.29 is 37.2 Å². The third kappa shape index (κ3) is 5.55. The zero-order valence-electron chi connectivity index (χ0n) is 24.5. The second-order valence-corrected chi connectivity index (χ2v) is 15.8. The largest absolute Gasteiger partial charge is 0.461 e. The summed E-state index contributed by atoms with van der Waals surface area (Å²) in [4.78, 5) is 25.5. The number of benzene rings is 5. The Kier molecular flexibility index (Phi) is 7.85. The fourth-order valence-electron chi connectivity index (χ4n) is 5.71. The molecule has 46 heavy (non-hydrogen) atoms. The molecule has 230 valence electrons. The molecule has 0 aromatic heterocycles. The number of para-hydroxylation sites is 2. The number of ether oxygens (including phenoxy) is 2. The Labute approximate surface area is 265 Å². The quantitative estimate of drug-likeness (QED) is 0.127. The van der Waals surface area contributed by atoms with E-state index in [1.807, 2.05) is 72.8 Å². The van der Waals surface area contributed by atoms with Crippen LogP contribution in [0.1, 0.15) is 20.7 Å². The Morgan fingerprint density at radius 1 is 0.478 bits per heavy atom. The van der Waals surface area contributed by atoms with Gasteiger partial charge in [0, 0.05) is 11.1 Å². The van der Waals surface area contributed by atoms with Crippen molar-refractivity contribution >= 4 is 37.3 Å². The molecular formula is C36H28O8P2. The third-order valence-electron chi connectivity index (χ3n) is 7.98. The fourth-order valence-corrected chi connectivity index (χ4v) is 9.94. The van der Waals surface area contributed by atoms with Crippen molar-refractivity contribution in [3.05, 3.63) is 132 Å². The van der Waals surface area contributed by atoms with Crippen molar-refractivity contribution in [1.29, 1.82) is 0 Å². The average Bonchev–Trinajstić information content (AvgIpc) is 3.08. The van der Waals surface area contributed by atoms with Crippen LogP contribution in [-0.2, 0) is 18.6 Å². The lowest BCUT2D eigenvalue weighted by Gasteiger charge is -2.28. The second kappa shape index (κ2) is 12.1. The molecule has 2 aliphatic heterocycles. The van der Waals surface area contributed by atoms with Gasteiger partial charge in [0.25, 0.3) is 14.7 Å². The molecule has 2 atom stereocenters. The minimum atomic E-state index is -3.33. The first kappa shape index (κ1) is 29.8. The van der Waals surface area contributed by atoms with Crippen molar-refractivity contribution in [3.8, 4) is 33.8 Å². The summed E-state index contributed by atoms with van der Waals surface area (Å²) < 4.78 is 50.6. The van der Waals surface area contributed by atoms with Gasteiger partial charge >= 0.3 is 11.9 Å². The monoisotopic (exact) mass is 650 g/mol. The van der Waals surface area contributed by atoms with E-state index in [4.69, 9.17) is 18.5 Å². The summed E-state index contributed by atoms with van der Waals surface area (Å²) in [5.41, 5.74) is 3.87. The van der Waals surface area contributed by atoms with E-state index in [1.165, 1.54) is 24.3 Å². The van der Waals surface area contributed by atoms with E-state index in [1.54, 1.807) is 24.3 Å². The van der Waals surface area contributed by atoms with Gasteiger partial charge in [-0.25, -0.2) is 9.59 Å². The van der Waals surface area contributed by atoms with Crippen LogP contribution in [0.2, 0.25) is 0 Å². The number of rotatable bonds is 8. The van der Waals surface area contributed by atoms with Gasteiger partial charge in [0.2, 0.25) is 0 Å². The molecule has 2 heterocycles. The van der Waals surface area contributed by atoms with E-state index in [-0.39, 0.29) is 36.7 Å². The summed E-state index contributed by atoms with van der Waals surface area (Å²) in [6.45, 7) is -0.238. The molecular weight excluding hydrogens is 622 g/mol. The maximum Gasteiger partial charge on any atom is 0.338 e. The van der Waals surface area contributed by atoms with Crippen LogP contribution in [-0.4, -0.2) is 37.5 Å².